The van der Waals surface area contributed by atoms with Crippen LogP contribution in [0.2, 0.25) is 0 Å². The van der Waals surface area contributed by atoms with Crippen LogP contribution in [0.5, 0.6) is 0 Å². The largest absolute Gasteiger partial charge is 0.393 e. The molecule has 108 valence electrons. The Morgan fingerprint density at radius 2 is 2.25 bits per heavy atom. The monoisotopic (exact) mass is 273 g/mol. The van der Waals surface area contributed by atoms with Crippen LogP contribution in [0, 0.1) is 11.8 Å². The average Bonchev–Trinajstić information content (AvgIpc) is 3.18. The first-order valence-corrected chi connectivity index (χ1v) is 7.72. The second-order valence-corrected chi connectivity index (χ2v) is 6.24. The number of rotatable bonds is 5. The third kappa shape index (κ3) is 2.59. The van der Waals surface area contributed by atoms with Crippen molar-refractivity contribution in [2.24, 2.45) is 11.8 Å². The van der Waals surface area contributed by atoms with Gasteiger partial charge in [0.15, 0.2) is 0 Å². The van der Waals surface area contributed by atoms with E-state index in [1.807, 2.05) is 0 Å². The highest BCUT2D eigenvalue weighted by Gasteiger charge is 2.56. The van der Waals surface area contributed by atoms with Gasteiger partial charge in [-0.05, 0) is 55.6 Å². The molecule has 3 heteroatoms. The van der Waals surface area contributed by atoms with E-state index in [1.165, 1.54) is 11.1 Å². The molecule has 20 heavy (non-hydrogen) atoms. The maximum atomic E-state index is 12.3. The van der Waals surface area contributed by atoms with Gasteiger partial charge in [-0.25, -0.2) is 0 Å². The van der Waals surface area contributed by atoms with Gasteiger partial charge < -0.3 is 10.4 Å². The number of fused-ring (bicyclic) bond motifs is 3. The Hall–Kier alpha value is -1.35. The van der Waals surface area contributed by atoms with Crippen molar-refractivity contribution in [3.8, 4) is 0 Å². The van der Waals surface area contributed by atoms with Crippen molar-refractivity contribution < 1.29 is 9.90 Å². The molecule has 0 saturated heterocycles. The third-order valence-corrected chi connectivity index (χ3v) is 4.73. The quantitative estimate of drug-likeness (QED) is 0.808. The van der Waals surface area contributed by atoms with Crippen LogP contribution in [0.1, 0.15) is 43.2 Å². The Kier molecular flexibility index (Phi) is 3.79. The van der Waals surface area contributed by atoms with E-state index < -0.39 is 0 Å². The molecule has 1 aromatic rings. The van der Waals surface area contributed by atoms with E-state index in [4.69, 9.17) is 0 Å². The van der Waals surface area contributed by atoms with Gasteiger partial charge in [-0.15, -0.1) is 0 Å². The summed E-state index contributed by atoms with van der Waals surface area (Å²) in [6.07, 6.45) is 3.58. The summed E-state index contributed by atoms with van der Waals surface area (Å²) in [6, 6.07) is 8.55. The fraction of sp³-hybridized carbons (Fsp3) is 0.588. The molecule has 1 saturated carbocycles. The number of aliphatic hydroxyl groups excluding tert-OH is 1. The molecular formula is C17H23NO2. The van der Waals surface area contributed by atoms with Crippen LogP contribution in [0.3, 0.4) is 0 Å². The minimum atomic E-state index is -0.276. The molecule has 2 aliphatic carbocycles. The molecule has 0 aromatic heterocycles. The number of hydrogen-bond acceptors (Lipinski definition) is 2. The number of amides is 1. The molecule has 0 aliphatic heterocycles. The Morgan fingerprint density at radius 1 is 1.45 bits per heavy atom. The zero-order valence-corrected chi connectivity index (χ0v) is 12.0. The summed E-state index contributed by atoms with van der Waals surface area (Å²) >= 11 is 0. The number of nitrogens with one attached hydrogen (secondary N) is 1. The summed E-state index contributed by atoms with van der Waals surface area (Å²) in [5.74, 6) is 1.41. The molecule has 0 heterocycles. The fourth-order valence-electron chi connectivity index (χ4n) is 3.65. The minimum absolute atomic E-state index is 0.185. The number of carbonyl (C=O) groups is 1. The van der Waals surface area contributed by atoms with Gasteiger partial charge in [0.05, 0.1) is 6.10 Å². The molecule has 0 radical (unpaired) electrons. The maximum Gasteiger partial charge on any atom is 0.224 e. The molecule has 2 N–H and O–H groups in total. The molecule has 1 aromatic carbocycles. The summed E-state index contributed by atoms with van der Waals surface area (Å²) in [6.45, 7) is 2.47. The number of aryl methyl sites for hydroxylation is 1. The molecule has 4 unspecified atom stereocenters. The number of hydrogen-bond donors (Lipinski definition) is 2. The predicted molar refractivity (Wildman–Crippen MR) is 78.4 cm³/mol. The normalized spacial score (nSPS) is 28.2. The third-order valence-electron chi connectivity index (χ3n) is 4.73. The van der Waals surface area contributed by atoms with E-state index in [9.17, 15) is 9.90 Å². The lowest BCUT2D eigenvalue weighted by molar-refractivity contribution is -0.122. The predicted octanol–water partition coefficient (Wildman–Crippen LogP) is 2.24. The smallest absolute Gasteiger partial charge is 0.224 e. The molecule has 3 rings (SSSR count). The van der Waals surface area contributed by atoms with Crippen LogP contribution in [0.25, 0.3) is 0 Å². The molecular weight excluding hydrogens is 250 g/mol. The van der Waals surface area contributed by atoms with E-state index in [-0.39, 0.29) is 17.9 Å². The zero-order chi connectivity index (χ0) is 14.1. The van der Waals surface area contributed by atoms with Crippen molar-refractivity contribution in [1.29, 1.82) is 0 Å². The number of benzene rings is 1. The van der Waals surface area contributed by atoms with Crippen molar-refractivity contribution in [1.82, 2.24) is 5.32 Å². The fourth-order valence-corrected chi connectivity index (χ4v) is 3.65. The van der Waals surface area contributed by atoms with Crippen LogP contribution in [-0.2, 0) is 11.2 Å². The Morgan fingerprint density at radius 3 is 3.05 bits per heavy atom. The van der Waals surface area contributed by atoms with Crippen molar-refractivity contribution in [3.63, 3.8) is 0 Å². The molecule has 0 bridgehead atoms. The average molecular weight is 273 g/mol. The van der Waals surface area contributed by atoms with E-state index >= 15 is 0 Å². The number of carbonyl (C=O) groups excluding carboxylic acids is 1. The standard InChI is InChI=1S/C17H23NO2/c1-11(19)5-4-10-18-17(20)16-14-9-8-12-6-2-3-7-13(12)15(14)16/h2-3,6-7,11,14-16,19H,4-5,8-10H2,1H3,(H,18,20). The van der Waals surface area contributed by atoms with Gasteiger partial charge in [-0.2, -0.15) is 0 Å². The van der Waals surface area contributed by atoms with E-state index in [2.05, 4.69) is 29.6 Å². The van der Waals surface area contributed by atoms with Crippen molar-refractivity contribution in [3.05, 3.63) is 35.4 Å². The number of aliphatic hydroxyl groups is 1. The lowest BCUT2D eigenvalue weighted by Crippen LogP contribution is -2.27. The van der Waals surface area contributed by atoms with E-state index in [0.29, 0.717) is 18.4 Å². The summed E-state index contributed by atoms with van der Waals surface area (Å²) in [5.41, 5.74) is 2.83. The lowest BCUT2D eigenvalue weighted by atomic mass is 9.92. The van der Waals surface area contributed by atoms with Crippen molar-refractivity contribution >= 4 is 5.91 Å². The van der Waals surface area contributed by atoms with Gasteiger partial charge in [-0.1, -0.05) is 24.3 Å². The van der Waals surface area contributed by atoms with Crippen LogP contribution in [0.4, 0.5) is 0 Å². The topological polar surface area (TPSA) is 49.3 Å². The molecule has 0 spiro atoms. The van der Waals surface area contributed by atoms with Crippen LogP contribution >= 0.6 is 0 Å². The van der Waals surface area contributed by atoms with Gasteiger partial charge >= 0.3 is 0 Å². The molecule has 4 atom stereocenters. The minimum Gasteiger partial charge on any atom is -0.393 e. The Labute approximate surface area is 120 Å². The van der Waals surface area contributed by atoms with E-state index in [0.717, 1.165) is 25.7 Å². The summed E-state index contributed by atoms with van der Waals surface area (Å²) in [7, 11) is 0. The Bertz CT molecular complexity index is 498. The van der Waals surface area contributed by atoms with Crippen LogP contribution in [-0.4, -0.2) is 23.7 Å². The second kappa shape index (κ2) is 5.57. The van der Waals surface area contributed by atoms with E-state index in [1.54, 1.807) is 6.92 Å². The van der Waals surface area contributed by atoms with Gasteiger partial charge in [0.25, 0.3) is 0 Å². The highest BCUT2D eigenvalue weighted by Crippen LogP contribution is 2.59. The SMILES string of the molecule is CC(O)CCCNC(=O)C1C2CCc3ccccc3C21. The first kappa shape index (κ1) is 13.6. The van der Waals surface area contributed by atoms with Gasteiger partial charge in [-0.3, -0.25) is 4.79 Å². The highest BCUT2D eigenvalue weighted by atomic mass is 16.3. The summed E-state index contributed by atoms with van der Waals surface area (Å²) in [4.78, 5) is 12.3. The van der Waals surface area contributed by atoms with Crippen LogP contribution < -0.4 is 5.32 Å². The molecule has 1 amide bonds. The van der Waals surface area contributed by atoms with Gasteiger partial charge in [0, 0.05) is 12.5 Å². The molecule has 1 fully saturated rings. The van der Waals surface area contributed by atoms with Gasteiger partial charge in [0.1, 0.15) is 0 Å². The second-order valence-electron chi connectivity index (χ2n) is 6.24. The van der Waals surface area contributed by atoms with Crippen molar-refractivity contribution in [2.45, 2.75) is 44.6 Å². The molecule has 2 aliphatic rings. The maximum absolute atomic E-state index is 12.3. The first-order valence-electron chi connectivity index (χ1n) is 7.72. The van der Waals surface area contributed by atoms with Gasteiger partial charge in [0.2, 0.25) is 5.91 Å². The zero-order valence-electron chi connectivity index (χ0n) is 12.0. The molecule has 3 nitrogen and oxygen atoms in total. The lowest BCUT2D eigenvalue weighted by Gasteiger charge is -2.13. The summed E-state index contributed by atoms with van der Waals surface area (Å²) < 4.78 is 0. The first-order chi connectivity index (χ1) is 9.68. The Balaban J connectivity index is 1.55. The summed E-state index contributed by atoms with van der Waals surface area (Å²) in [5, 5.41) is 12.2. The van der Waals surface area contributed by atoms with Crippen molar-refractivity contribution in [2.75, 3.05) is 6.54 Å². The highest BCUT2D eigenvalue weighted by molar-refractivity contribution is 5.84. The van der Waals surface area contributed by atoms with Crippen LogP contribution in [0.15, 0.2) is 24.3 Å².